The Morgan fingerprint density at radius 1 is 1.00 bits per heavy atom. The van der Waals surface area contributed by atoms with E-state index in [0.717, 1.165) is 22.4 Å². The fraction of sp³-hybridized carbons (Fsp3) is 0.111. The van der Waals surface area contributed by atoms with Crippen LogP contribution in [0.1, 0.15) is 5.56 Å². The minimum Gasteiger partial charge on any atom is -0.349 e. The normalized spacial score (nSPS) is 10.8. The van der Waals surface area contributed by atoms with E-state index in [-0.39, 0.29) is 0 Å². The molecular formula is C18H17N7. The molecule has 7 heteroatoms. The summed E-state index contributed by atoms with van der Waals surface area (Å²) in [5.74, 6) is 0.604. The SMILES string of the molecule is Cn1cc(-c2ccccc2CNc2nnnn2-c2ccccc2)cn1. The molecule has 124 valence electrons. The van der Waals surface area contributed by atoms with Gasteiger partial charge in [0, 0.05) is 25.4 Å². The quantitative estimate of drug-likeness (QED) is 0.609. The lowest BCUT2D eigenvalue weighted by molar-refractivity contribution is 0.768. The number of aryl methyl sites for hydroxylation is 1. The lowest BCUT2D eigenvalue weighted by Crippen LogP contribution is -2.08. The lowest BCUT2D eigenvalue weighted by atomic mass is 10.0. The summed E-state index contributed by atoms with van der Waals surface area (Å²) in [6, 6.07) is 18.0. The molecule has 0 atom stereocenters. The van der Waals surface area contributed by atoms with Crippen LogP contribution in [0, 0.1) is 0 Å². The number of aromatic nitrogens is 6. The summed E-state index contributed by atoms with van der Waals surface area (Å²) in [6.07, 6.45) is 3.87. The Labute approximate surface area is 144 Å². The van der Waals surface area contributed by atoms with Crippen LogP contribution in [0.25, 0.3) is 16.8 Å². The van der Waals surface area contributed by atoms with E-state index in [1.54, 1.807) is 9.36 Å². The van der Waals surface area contributed by atoms with Gasteiger partial charge in [-0.25, -0.2) is 0 Å². The number of rotatable bonds is 5. The monoisotopic (exact) mass is 331 g/mol. The molecule has 1 N–H and O–H groups in total. The largest absolute Gasteiger partial charge is 0.349 e. The third-order valence-corrected chi connectivity index (χ3v) is 3.94. The zero-order valence-corrected chi connectivity index (χ0v) is 13.7. The summed E-state index contributed by atoms with van der Waals surface area (Å²) in [6.45, 7) is 0.609. The minimum atomic E-state index is 0.604. The summed E-state index contributed by atoms with van der Waals surface area (Å²) < 4.78 is 3.49. The van der Waals surface area contributed by atoms with Crippen molar-refractivity contribution in [3.8, 4) is 16.8 Å². The first kappa shape index (κ1) is 15.1. The first-order valence-electron chi connectivity index (χ1n) is 7.96. The molecule has 0 unspecified atom stereocenters. The number of hydrogen-bond acceptors (Lipinski definition) is 5. The van der Waals surface area contributed by atoms with E-state index >= 15 is 0 Å². The van der Waals surface area contributed by atoms with Gasteiger partial charge >= 0.3 is 0 Å². The first-order valence-corrected chi connectivity index (χ1v) is 7.96. The summed E-state index contributed by atoms with van der Waals surface area (Å²) in [4.78, 5) is 0. The third-order valence-electron chi connectivity index (χ3n) is 3.94. The maximum Gasteiger partial charge on any atom is 0.248 e. The molecule has 0 saturated carbocycles. The highest BCUT2D eigenvalue weighted by Gasteiger charge is 2.10. The smallest absolute Gasteiger partial charge is 0.248 e. The third kappa shape index (κ3) is 3.12. The fourth-order valence-electron chi connectivity index (χ4n) is 2.73. The number of nitrogens with zero attached hydrogens (tertiary/aromatic N) is 6. The van der Waals surface area contributed by atoms with Crippen LogP contribution in [-0.4, -0.2) is 30.0 Å². The Morgan fingerprint density at radius 2 is 1.80 bits per heavy atom. The van der Waals surface area contributed by atoms with Crippen molar-refractivity contribution in [1.29, 1.82) is 0 Å². The van der Waals surface area contributed by atoms with Crippen LogP contribution in [0.4, 0.5) is 5.95 Å². The van der Waals surface area contributed by atoms with Crippen LogP contribution >= 0.6 is 0 Å². The molecule has 0 saturated heterocycles. The van der Waals surface area contributed by atoms with Crippen molar-refractivity contribution in [2.75, 3.05) is 5.32 Å². The van der Waals surface area contributed by atoms with Gasteiger partial charge in [-0.3, -0.25) is 4.68 Å². The van der Waals surface area contributed by atoms with E-state index in [2.05, 4.69) is 38.1 Å². The molecular weight excluding hydrogens is 314 g/mol. The van der Waals surface area contributed by atoms with Gasteiger partial charge in [0.25, 0.3) is 0 Å². The number of anilines is 1. The highest BCUT2D eigenvalue weighted by atomic mass is 15.6. The molecule has 4 aromatic rings. The van der Waals surface area contributed by atoms with E-state index in [4.69, 9.17) is 0 Å². The van der Waals surface area contributed by atoms with Crippen LogP contribution < -0.4 is 5.32 Å². The van der Waals surface area contributed by atoms with Crippen LogP contribution in [0.2, 0.25) is 0 Å². The molecule has 0 aliphatic rings. The highest BCUT2D eigenvalue weighted by Crippen LogP contribution is 2.23. The van der Waals surface area contributed by atoms with Crippen molar-refractivity contribution in [3.05, 3.63) is 72.6 Å². The molecule has 0 fully saturated rings. The van der Waals surface area contributed by atoms with Crippen LogP contribution in [0.3, 0.4) is 0 Å². The summed E-state index contributed by atoms with van der Waals surface area (Å²) in [5, 5.41) is 19.5. The molecule has 0 bridgehead atoms. The summed E-state index contributed by atoms with van der Waals surface area (Å²) in [7, 11) is 1.92. The van der Waals surface area contributed by atoms with E-state index < -0.39 is 0 Å². The van der Waals surface area contributed by atoms with Crippen LogP contribution in [0.15, 0.2) is 67.0 Å². The highest BCUT2D eigenvalue weighted by molar-refractivity contribution is 5.66. The average Bonchev–Trinajstić information content (AvgIpc) is 3.30. The number of hydrogen-bond donors (Lipinski definition) is 1. The number of tetrazole rings is 1. The summed E-state index contributed by atoms with van der Waals surface area (Å²) in [5.41, 5.74) is 4.29. The molecule has 0 aliphatic carbocycles. The zero-order chi connectivity index (χ0) is 17.1. The van der Waals surface area contributed by atoms with Crippen LogP contribution in [0.5, 0.6) is 0 Å². The predicted molar refractivity (Wildman–Crippen MR) is 95.1 cm³/mol. The number of benzene rings is 2. The van der Waals surface area contributed by atoms with E-state index in [0.29, 0.717) is 12.5 Å². The zero-order valence-electron chi connectivity index (χ0n) is 13.7. The molecule has 7 nitrogen and oxygen atoms in total. The molecule has 4 rings (SSSR count). The Kier molecular flexibility index (Phi) is 3.96. The van der Waals surface area contributed by atoms with Crippen molar-refractivity contribution in [2.24, 2.45) is 7.05 Å². The molecule has 0 aliphatic heterocycles. The van der Waals surface area contributed by atoms with Gasteiger partial charge in [-0.05, 0) is 33.7 Å². The lowest BCUT2D eigenvalue weighted by Gasteiger charge is -2.10. The van der Waals surface area contributed by atoms with Crippen molar-refractivity contribution < 1.29 is 0 Å². The van der Waals surface area contributed by atoms with Crippen molar-refractivity contribution in [2.45, 2.75) is 6.54 Å². The van der Waals surface area contributed by atoms with E-state index in [1.165, 1.54) is 0 Å². The fourth-order valence-corrected chi connectivity index (χ4v) is 2.73. The van der Waals surface area contributed by atoms with Crippen molar-refractivity contribution in [1.82, 2.24) is 30.0 Å². The van der Waals surface area contributed by atoms with Gasteiger partial charge < -0.3 is 5.32 Å². The van der Waals surface area contributed by atoms with Gasteiger partial charge in [-0.15, -0.1) is 0 Å². The molecule has 2 aromatic carbocycles. The van der Waals surface area contributed by atoms with E-state index in [9.17, 15) is 0 Å². The van der Waals surface area contributed by atoms with Gasteiger partial charge in [0.15, 0.2) is 0 Å². The first-order chi connectivity index (χ1) is 12.3. The topological polar surface area (TPSA) is 73.5 Å². The molecule has 0 spiro atoms. The molecule has 0 radical (unpaired) electrons. The molecule has 25 heavy (non-hydrogen) atoms. The molecule has 2 aromatic heterocycles. The Morgan fingerprint density at radius 3 is 2.60 bits per heavy atom. The Balaban J connectivity index is 1.59. The summed E-state index contributed by atoms with van der Waals surface area (Å²) >= 11 is 0. The standard InChI is InChI=1S/C18H17N7/c1-24-13-15(12-20-24)17-10-6-5-7-14(17)11-19-18-21-22-23-25(18)16-8-3-2-4-9-16/h2-10,12-13H,11H2,1H3,(H,19,21,23). The maximum atomic E-state index is 4.26. The van der Waals surface area contributed by atoms with Gasteiger partial charge in [0.2, 0.25) is 5.95 Å². The maximum absolute atomic E-state index is 4.26. The predicted octanol–water partition coefficient (Wildman–Crippen LogP) is 2.67. The van der Waals surface area contributed by atoms with E-state index in [1.807, 2.05) is 61.9 Å². The second kappa shape index (κ2) is 6.56. The second-order valence-corrected chi connectivity index (χ2v) is 5.66. The van der Waals surface area contributed by atoms with Gasteiger partial charge in [-0.2, -0.15) is 9.78 Å². The van der Waals surface area contributed by atoms with Crippen molar-refractivity contribution in [3.63, 3.8) is 0 Å². The Bertz CT molecular complexity index is 972. The van der Waals surface area contributed by atoms with Crippen LogP contribution in [-0.2, 0) is 13.6 Å². The second-order valence-electron chi connectivity index (χ2n) is 5.66. The average molecular weight is 331 g/mol. The van der Waals surface area contributed by atoms with Gasteiger partial charge in [-0.1, -0.05) is 47.6 Å². The molecule has 2 heterocycles. The number of para-hydroxylation sites is 1. The van der Waals surface area contributed by atoms with Gasteiger partial charge in [0.05, 0.1) is 11.9 Å². The number of nitrogens with one attached hydrogen (secondary N) is 1. The van der Waals surface area contributed by atoms with Crippen molar-refractivity contribution >= 4 is 5.95 Å². The Hall–Kier alpha value is -3.48. The van der Waals surface area contributed by atoms with Gasteiger partial charge in [0.1, 0.15) is 0 Å². The minimum absolute atomic E-state index is 0.604. The molecule has 0 amide bonds.